The average molecular weight is 257 g/mol. The molecule has 3 N–H and O–H groups in total. The Balaban J connectivity index is 1.99. The molecule has 2 aromatic rings. The molecule has 1 aromatic carbocycles. The fourth-order valence-corrected chi connectivity index (χ4v) is 2.24. The number of aromatic nitrogens is 1. The highest BCUT2D eigenvalue weighted by atomic mass is 14.9. The van der Waals surface area contributed by atoms with E-state index < -0.39 is 0 Å². The first-order valence-corrected chi connectivity index (χ1v) is 7.05. The second-order valence-corrected chi connectivity index (χ2v) is 5.42. The molecular weight excluding hydrogens is 234 g/mol. The van der Waals surface area contributed by atoms with Crippen LogP contribution in [0.25, 0.3) is 10.9 Å². The monoisotopic (exact) mass is 257 g/mol. The lowest BCUT2D eigenvalue weighted by atomic mass is 10.1. The van der Waals surface area contributed by atoms with Crippen LogP contribution in [0.3, 0.4) is 0 Å². The Bertz CT molecular complexity index is 535. The summed E-state index contributed by atoms with van der Waals surface area (Å²) in [6.45, 7) is 5.53. The molecule has 0 saturated heterocycles. The van der Waals surface area contributed by atoms with Crippen LogP contribution in [-0.2, 0) is 0 Å². The molecule has 0 spiro atoms. The van der Waals surface area contributed by atoms with Crippen molar-refractivity contribution in [1.82, 2.24) is 4.98 Å². The quantitative estimate of drug-likeness (QED) is 0.606. The summed E-state index contributed by atoms with van der Waals surface area (Å²) in [4.78, 5) is 4.43. The van der Waals surface area contributed by atoms with Gasteiger partial charge in [0.2, 0.25) is 0 Å². The van der Waals surface area contributed by atoms with E-state index in [4.69, 9.17) is 5.73 Å². The van der Waals surface area contributed by atoms with E-state index in [2.05, 4.69) is 24.1 Å². The number of rotatable bonds is 6. The van der Waals surface area contributed by atoms with E-state index in [0.29, 0.717) is 0 Å². The van der Waals surface area contributed by atoms with Gasteiger partial charge in [-0.15, -0.1) is 0 Å². The van der Waals surface area contributed by atoms with Crippen molar-refractivity contribution in [3.63, 3.8) is 0 Å². The van der Waals surface area contributed by atoms with Gasteiger partial charge in [-0.05, 0) is 36.6 Å². The lowest BCUT2D eigenvalue weighted by molar-refractivity contribution is 0.545. The fourth-order valence-electron chi connectivity index (χ4n) is 2.24. The maximum atomic E-state index is 5.97. The minimum absolute atomic E-state index is 0.786. The summed E-state index contributed by atoms with van der Waals surface area (Å²) in [5.74, 6) is 0.791. The highest BCUT2D eigenvalue weighted by Crippen LogP contribution is 2.26. The third kappa shape index (κ3) is 3.60. The number of anilines is 2. The SMILES string of the molecule is CC(C)CCCCNc1ccc(N)c2cccnc12. The molecule has 1 aromatic heterocycles. The van der Waals surface area contributed by atoms with Crippen LogP contribution >= 0.6 is 0 Å². The van der Waals surface area contributed by atoms with Crippen LogP contribution in [0.2, 0.25) is 0 Å². The van der Waals surface area contributed by atoms with Gasteiger partial charge in [-0.2, -0.15) is 0 Å². The number of hydrogen-bond acceptors (Lipinski definition) is 3. The first-order valence-electron chi connectivity index (χ1n) is 7.05. The summed E-state index contributed by atoms with van der Waals surface area (Å²) in [6, 6.07) is 7.90. The summed E-state index contributed by atoms with van der Waals surface area (Å²) in [5, 5.41) is 4.49. The number of nitrogens with two attached hydrogens (primary N) is 1. The average Bonchev–Trinajstić information content (AvgIpc) is 2.41. The Labute approximate surface area is 115 Å². The Kier molecular flexibility index (Phi) is 4.61. The van der Waals surface area contributed by atoms with Crippen molar-refractivity contribution in [2.75, 3.05) is 17.6 Å². The summed E-state index contributed by atoms with van der Waals surface area (Å²) < 4.78 is 0. The number of nitrogens with one attached hydrogen (secondary N) is 1. The Morgan fingerprint density at radius 2 is 2.05 bits per heavy atom. The van der Waals surface area contributed by atoms with E-state index in [1.807, 2.05) is 30.5 Å². The van der Waals surface area contributed by atoms with E-state index in [1.54, 1.807) is 0 Å². The van der Waals surface area contributed by atoms with Crippen LogP contribution in [-0.4, -0.2) is 11.5 Å². The molecule has 1 heterocycles. The van der Waals surface area contributed by atoms with Crippen molar-refractivity contribution in [3.05, 3.63) is 30.5 Å². The lowest BCUT2D eigenvalue weighted by Gasteiger charge is -2.11. The van der Waals surface area contributed by atoms with Crippen LogP contribution in [0.4, 0.5) is 11.4 Å². The largest absolute Gasteiger partial charge is 0.398 e. The molecule has 0 aliphatic rings. The molecule has 0 atom stereocenters. The Hall–Kier alpha value is -1.77. The molecule has 102 valence electrons. The number of hydrogen-bond donors (Lipinski definition) is 2. The molecule has 19 heavy (non-hydrogen) atoms. The first-order chi connectivity index (χ1) is 9.18. The maximum absolute atomic E-state index is 5.97. The molecule has 0 aliphatic heterocycles. The van der Waals surface area contributed by atoms with Gasteiger partial charge >= 0.3 is 0 Å². The first kappa shape index (κ1) is 13.7. The number of nitrogens with zero attached hydrogens (tertiary/aromatic N) is 1. The zero-order valence-corrected chi connectivity index (χ0v) is 11.8. The van der Waals surface area contributed by atoms with Crippen molar-refractivity contribution in [2.45, 2.75) is 33.1 Å². The molecule has 0 amide bonds. The van der Waals surface area contributed by atoms with Gasteiger partial charge in [0.1, 0.15) is 0 Å². The summed E-state index contributed by atoms with van der Waals surface area (Å²) in [5.41, 5.74) is 8.79. The standard InChI is InChI=1S/C16H23N3/c1-12(2)6-3-4-10-18-15-9-8-14(17)13-7-5-11-19-16(13)15/h5,7-9,11-12,18H,3-4,6,10,17H2,1-2H3. The van der Waals surface area contributed by atoms with Crippen molar-refractivity contribution in [3.8, 4) is 0 Å². The van der Waals surface area contributed by atoms with Crippen LogP contribution in [0.15, 0.2) is 30.5 Å². The molecule has 0 aliphatic carbocycles. The second kappa shape index (κ2) is 6.41. The van der Waals surface area contributed by atoms with Gasteiger partial charge in [0, 0.05) is 23.8 Å². The predicted molar refractivity (Wildman–Crippen MR) is 83.3 cm³/mol. The Morgan fingerprint density at radius 3 is 2.84 bits per heavy atom. The summed E-state index contributed by atoms with van der Waals surface area (Å²) >= 11 is 0. The maximum Gasteiger partial charge on any atom is 0.0953 e. The van der Waals surface area contributed by atoms with Crippen LogP contribution in [0.5, 0.6) is 0 Å². The summed E-state index contributed by atoms with van der Waals surface area (Å²) in [7, 11) is 0. The highest BCUT2D eigenvalue weighted by molar-refractivity contribution is 5.98. The van der Waals surface area contributed by atoms with Crippen molar-refractivity contribution < 1.29 is 0 Å². The zero-order valence-electron chi connectivity index (χ0n) is 11.8. The Morgan fingerprint density at radius 1 is 1.21 bits per heavy atom. The highest BCUT2D eigenvalue weighted by Gasteiger charge is 2.04. The minimum Gasteiger partial charge on any atom is -0.398 e. The van der Waals surface area contributed by atoms with Crippen LogP contribution in [0, 0.1) is 5.92 Å². The molecule has 0 radical (unpaired) electrons. The van der Waals surface area contributed by atoms with Crippen molar-refractivity contribution in [1.29, 1.82) is 0 Å². The predicted octanol–water partition coefficient (Wildman–Crippen LogP) is 4.06. The van der Waals surface area contributed by atoms with Gasteiger partial charge < -0.3 is 11.1 Å². The lowest BCUT2D eigenvalue weighted by Crippen LogP contribution is -2.03. The van der Waals surface area contributed by atoms with E-state index in [0.717, 1.165) is 34.7 Å². The van der Waals surface area contributed by atoms with Crippen LogP contribution < -0.4 is 11.1 Å². The van der Waals surface area contributed by atoms with Crippen LogP contribution in [0.1, 0.15) is 33.1 Å². The van der Waals surface area contributed by atoms with Crippen molar-refractivity contribution >= 4 is 22.3 Å². The molecule has 2 rings (SSSR count). The third-order valence-corrected chi connectivity index (χ3v) is 3.33. The third-order valence-electron chi connectivity index (χ3n) is 3.33. The zero-order chi connectivity index (χ0) is 13.7. The van der Waals surface area contributed by atoms with E-state index >= 15 is 0 Å². The molecule has 0 unspecified atom stereocenters. The van der Waals surface area contributed by atoms with E-state index in [-0.39, 0.29) is 0 Å². The van der Waals surface area contributed by atoms with E-state index in [1.165, 1.54) is 19.3 Å². The number of nitrogen functional groups attached to an aromatic ring is 1. The van der Waals surface area contributed by atoms with Gasteiger partial charge in [0.25, 0.3) is 0 Å². The number of fused-ring (bicyclic) bond motifs is 1. The van der Waals surface area contributed by atoms with Gasteiger partial charge in [0.15, 0.2) is 0 Å². The summed E-state index contributed by atoms with van der Waals surface area (Å²) in [6.07, 6.45) is 5.57. The number of benzene rings is 1. The smallest absolute Gasteiger partial charge is 0.0953 e. The molecule has 3 nitrogen and oxygen atoms in total. The number of pyridine rings is 1. The molecule has 0 saturated carbocycles. The van der Waals surface area contributed by atoms with Crippen molar-refractivity contribution in [2.24, 2.45) is 5.92 Å². The van der Waals surface area contributed by atoms with Gasteiger partial charge in [-0.3, -0.25) is 4.98 Å². The van der Waals surface area contributed by atoms with Gasteiger partial charge in [-0.25, -0.2) is 0 Å². The second-order valence-electron chi connectivity index (χ2n) is 5.42. The normalized spacial score (nSPS) is 11.1. The molecule has 0 bridgehead atoms. The van der Waals surface area contributed by atoms with Gasteiger partial charge in [0.05, 0.1) is 11.2 Å². The topological polar surface area (TPSA) is 50.9 Å². The fraction of sp³-hybridized carbons (Fsp3) is 0.438. The molecular formula is C16H23N3. The minimum atomic E-state index is 0.786. The molecule has 3 heteroatoms. The van der Waals surface area contributed by atoms with E-state index in [9.17, 15) is 0 Å². The molecule has 0 fully saturated rings. The number of unbranched alkanes of at least 4 members (excludes halogenated alkanes) is 1. The van der Waals surface area contributed by atoms with Gasteiger partial charge in [-0.1, -0.05) is 26.7 Å².